The van der Waals surface area contributed by atoms with Gasteiger partial charge in [0.1, 0.15) is 5.54 Å². The largest absolute Gasteiger partial charge is 0.372 e. The van der Waals surface area contributed by atoms with Crippen LogP contribution >= 0.6 is 0 Å². The number of nitrogens with zero attached hydrogens (tertiary/aromatic N) is 3. The molecule has 0 radical (unpaired) electrons. The van der Waals surface area contributed by atoms with Gasteiger partial charge < -0.3 is 19.5 Å². The lowest BCUT2D eigenvalue weighted by molar-refractivity contribution is -0.0392. The molecule has 2 fully saturated rings. The molecule has 1 unspecified atom stereocenters. The number of hydrogen-bond acceptors (Lipinski definition) is 4. The minimum atomic E-state index is -0.229. The fourth-order valence-corrected chi connectivity index (χ4v) is 5.38. The first kappa shape index (κ1) is 17.7. The van der Waals surface area contributed by atoms with Gasteiger partial charge in [0, 0.05) is 38.1 Å². The number of carbonyl (C=O) groups excluding carboxylic acids is 1. The molecule has 2 saturated heterocycles. The number of amides is 1. The highest BCUT2D eigenvalue weighted by molar-refractivity contribution is 5.93. The highest BCUT2D eigenvalue weighted by Crippen LogP contribution is 2.50. The van der Waals surface area contributed by atoms with Gasteiger partial charge in [-0.2, -0.15) is 0 Å². The van der Waals surface area contributed by atoms with E-state index in [2.05, 4.69) is 57.5 Å². The van der Waals surface area contributed by atoms with Gasteiger partial charge in [0.05, 0.1) is 34.8 Å². The quantitative estimate of drug-likeness (QED) is 0.678. The number of benzene rings is 1. The minimum Gasteiger partial charge on any atom is -0.372 e. The van der Waals surface area contributed by atoms with Crippen LogP contribution in [0.5, 0.6) is 0 Å². The van der Waals surface area contributed by atoms with E-state index < -0.39 is 0 Å². The summed E-state index contributed by atoms with van der Waals surface area (Å²) in [4.78, 5) is 18.8. The Kier molecular flexibility index (Phi) is 3.80. The molecular formula is C24H24N4O2. The van der Waals surface area contributed by atoms with Crippen molar-refractivity contribution < 1.29 is 9.53 Å². The highest BCUT2D eigenvalue weighted by Gasteiger charge is 2.54. The number of para-hydroxylation sites is 2. The molecule has 30 heavy (non-hydrogen) atoms. The lowest BCUT2D eigenvalue weighted by Crippen LogP contribution is -2.48. The number of nitrogens with one attached hydrogen (secondary N) is 1. The van der Waals surface area contributed by atoms with Crippen LogP contribution in [0.4, 0.5) is 5.69 Å². The summed E-state index contributed by atoms with van der Waals surface area (Å²) in [7, 11) is 0. The summed E-state index contributed by atoms with van der Waals surface area (Å²) in [5, 5.41) is 3.81. The maximum atomic E-state index is 12.8. The van der Waals surface area contributed by atoms with Gasteiger partial charge in [-0.05, 0) is 49.2 Å². The number of pyridine rings is 1. The predicted molar refractivity (Wildman–Crippen MR) is 114 cm³/mol. The Balaban J connectivity index is 1.23. The van der Waals surface area contributed by atoms with Gasteiger partial charge in [0.15, 0.2) is 0 Å². The maximum absolute atomic E-state index is 12.8. The van der Waals surface area contributed by atoms with Crippen LogP contribution in [0.25, 0.3) is 5.69 Å². The number of rotatable bonds is 1. The summed E-state index contributed by atoms with van der Waals surface area (Å²) in [6.07, 6.45) is 8.09. The lowest BCUT2D eigenvalue weighted by atomic mass is 9.79. The Morgan fingerprint density at radius 3 is 2.77 bits per heavy atom. The molecule has 6 rings (SSSR count). The molecule has 5 heterocycles. The molecule has 3 aliphatic heterocycles. The van der Waals surface area contributed by atoms with E-state index in [9.17, 15) is 4.79 Å². The van der Waals surface area contributed by atoms with Crippen molar-refractivity contribution in [2.45, 2.75) is 30.4 Å². The second kappa shape index (κ2) is 6.44. The summed E-state index contributed by atoms with van der Waals surface area (Å²) < 4.78 is 8.81. The van der Waals surface area contributed by atoms with Gasteiger partial charge >= 0.3 is 0 Å². The van der Waals surface area contributed by atoms with Crippen molar-refractivity contribution in [2.24, 2.45) is 0 Å². The van der Waals surface area contributed by atoms with Crippen molar-refractivity contribution in [3.8, 4) is 5.69 Å². The molecule has 0 saturated carbocycles. The van der Waals surface area contributed by atoms with Crippen LogP contribution in [0.1, 0.15) is 35.3 Å². The molecular weight excluding hydrogens is 376 g/mol. The van der Waals surface area contributed by atoms with E-state index in [4.69, 9.17) is 4.74 Å². The number of piperidine rings is 1. The third kappa shape index (κ3) is 2.60. The SMILES string of the molecule is O=C(c1cccnc1)N1CCC2(CC1)CC1(CO2)Nc2ccccc2-n2cccc21. The second-order valence-corrected chi connectivity index (χ2v) is 8.67. The Bertz CT molecular complexity index is 1100. The van der Waals surface area contributed by atoms with Gasteiger partial charge in [-0.15, -0.1) is 0 Å². The van der Waals surface area contributed by atoms with Crippen molar-refractivity contribution in [1.29, 1.82) is 0 Å². The Morgan fingerprint density at radius 2 is 1.93 bits per heavy atom. The second-order valence-electron chi connectivity index (χ2n) is 8.67. The van der Waals surface area contributed by atoms with E-state index in [0.29, 0.717) is 25.3 Å². The average Bonchev–Trinajstić information content (AvgIpc) is 3.42. The van der Waals surface area contributed by atoms with Crippen molar-refractivity contribution >= 4 is 11.6 Å². The van der Waals surface area contributed by atoms with Crippen LogP contribution in [-0.2, 0) is 10.3 Å². The molecule has 3 aliphatic rings. The number of anilines is 1. The molecule has 152 valence electrons. The standard InChI is InChI=1S/C24H24N4O2/c29-22(18-5-3-11-25-15-18)27-13-9-23(10-14-27)16-24(17-30-23)21-8-4-12-28(21)20-7-2-1-6-19(20)26-24/h1-8,11-12,15,26H,9-10,13-14,16-17H2. The van der Waals surface area contributed by atoms with E-state index in [-0.39, 0.29) is 17.0 Å². The van der Waals surface area contributed by atoms with E-state index in [0.717, 1.165) is 24.9 Å². The van der Waals surface area contributed by atoms with Crippen molar-refractivity contribution in [3.05, 3.63) is 78.4 Å². The molecule has 1 atom stereocenters. The van der Waals surface area contributed by atoms with Gasteiger partial charge in [0.25, 0.3) is 5.91 Å². The first-order valence-corrected chi connectivity index (χ1v) is 10.6. The van der Waals surface area contributed by atoms with E-state index in [1.165, 1.54) is 11.4 Å². The summed E-state index contributed by atoms with van der Waals surface area (Å²) >= 11 is 0. The first-order valence-electron chi connectivity index (χ1n) is 10.6. The van der Waals surface area contributed by atoms with E-state index in [1.807, 2.05) is 17.0 Å². The van der Waals surface area contributed by atoms with Crippen LogP contribution in [-0.4, -0.2) is 45.7 Å². The Hall–Kier alpha value is -3.12. The molecule has 2 spiro atoms. The third-order valence-electron chi connectivity index (χ3n) is 6.90. The highest BCUT2D eigenvalue weighted by atomic mass is 16.5. The van der Waals surface area contributed by atoms with Crippen LogP contribution in [0, 0.1) is 0 Å². The average molecular weight is 400 g/mol. The molecule has 6 heteroatoms. The monoisotopic (exact) mass is 400 g/mol. The summed E-state index contributed by atoms with van der Waals surface area (Å²) in [6, 6.07) is 16.4. The topological polar surface area (TPSA) is 59.4 Å². The zero-order valence-electron chi connectivity index (χ0n) is 16.8. The zero-order valence-corrected chi connectivity index (χ0v) is 16.8. The molecule has 1 amide bonds. The first-order chi connectivity index (χ1) is 14.7. The minimum absolute atomic E-state index is 0.0595. The molecule has 2 aromatic heterocycles. The van der Waals surface area contributed by atoms with Crippen LogP contribution < -0.4 is 5.32 Å². The fraction of sp³-hybridized carbons (Fsp3) is 0.333. The number of likely N-dealkylation sites (tertiary alicyclic amines) is 1. The number of aromatic nitrogens is 2. The van der Waals surface area contributed by atoms with Gasteiger partial charge in [0.2, 0.25) is 0 Å². The Labute approximate surface area is 175 Å². The number of hydrogen-bond donors (Lipinski definition) is 1. The normalized spacial score (nSPS) is 23.8. The molecule has 1 aromatic carbocycles. The number of ether oxygens (including phenoxy) is 1. The lowest BCUT2D eigenvalue weighted by Gasteiger charge is -2.41. The van der Waals surface area contributed by atoms with Crippen molar-refractivity contribution in [2.75, 3.05) is 25.0 Å². The van der Waals surface area contributed by atoms with Crippen LogP contribution in [0.3, 0.4) is 0 Å². The predicted octanol–water partition coefficient (Wildman–Crippen LogP) is 3.59. The molecule has 0 bridgehead atoms. The fourth-order valence-electron chi connectivity index (χ4n) is 5.38. The molecule has 1 N–H and O–H groups in total. The molecule has 3 aromatic rings. The van der Waals surface area contributed by atoms with Crippen LogP contribution in [0.15, 0.2) is 67.1 Å². The zero-order chi connectivity index (χ0) is 20.2. The van der Waals surface area contributed by atoms with Gasteiger partial charge in [-0.1, -0.05) is 12.1 Å². The van der Waals surface area contributed by atoms with E-state index in [1.54, 1.807) is 12.4 Å². The smallest absolute Gasteiger partial charge is 0.255 e. The maximum Gasteiger partial charge on any atom is 0.255 e. The number of carbonyl (C=O) groups is 1. The van der Waals surface area contributed by atoms with Gasteiger partial charge in [-0.25, -0.2) is 0 Å². The number of fused-ring (bicyclic) bond motifs is 4. The molecule has 0 aliphatic carbocycles. The summed E-state index contributed by atoms with van der Waals surface area (Å²) in [5.41, 5.74) is 3.81. The Morgan fingerprint density at radius 1 is 1.07 bits per heavy atom. The summed E-state index contributed by atoms with van der Waals surface area (Å²) in [5.74, 6) is 0.0595. The van der Waals surface area contributed by atoms with Crippen molar-refractivity contribution in [3.63, 3.8) is 0 Å². The van der Waals surface area contributed by atoms with Crippen molar-refractivity contribution in [1.82, 2.24) is 14.5 Å². The summed E-state index contributed by atoms with van der Waals surface area (Å²) in [6.45, 7) is 2.06. The molecule has 6 nitrogen and oxygen atoms in total. The van der Waals surface area contributed by atoms with E-state index >= 15 is 0 Å². The third-order valence-corrected chi connectivity index (χ3v) is 6.90. The van der Waals surface area contributed by atoms with Crippen LogP contribution in [0.2, 0.25) is 0 Å². The van der Waals surface area contributed by atoms with Gasteiger partial charge in [-0.3, -0.25) is 9.78 Å².